The van der Waals surface area contributed by atoms with Crippen LogP contribution < -0.4 is 10.2 Å². The molecule has 0 atom stereocenters. The summed E-state index contributed by atoms with van der Waals surface area (Å²) in [5.41, 5.74) is 3.88. The Bertz CT molecular complexity index is 1150. The van der Waals surface area contributed by atoms with Gasteiger partial charge in [-0.05, 0) is 42.3 Å². The molecule has 1 fully saturated rings. The zero-order chi connectivity index (χ0) is 22.7. The fourth-order valence-electron chi connectivity index (χ4n) is 3.71. The number of pyridine rings is 1. The van der Waals surface area contributed by atoms with Crippen molar-refractivity contribution in [2.45, 2.75) is 13.5 Å². The molecule has 0 bridgehead atoms. The topological polar surface area (TPSA) is 85.8 Å². The van der Waals surface area contributed by atoms with Crippen molar-refractivity contribution in [3.05, 3.63) is 77.7 Å². The summed E-state index contributed by atoms with van der Waals surface area (Å²) >= 11 is 0. The van der Waals surface area contributed by atoms with Gasteiger partial charge in [-0.2, -0.15) is 0 Å². The average Bonchev–Trinajstić information content (AvgIpc) is 3.12. The van der Waals surface area contributed by atoms with Crippen LogP contribution in [0.3, 0.4) is 0 Å². The van der Waals surface area contributed by atoms with Crippen molar-refractivity contribution < 1.29 is 19.1 Å². The molecule has 1 aromatic heterocycles. The van der Waals surface area contributed by atoms with Gasteiger partial charge in [0.25, 0.3) is 0 Å². The zero-order valence-electron chi connectivity index (χ0n) is 17.6. The summed E-state index contributed by atoms with van der Waals surface area (Å²) in [6, 6.07) is 16.0. The number of hydrogen-bond donors (Lipinski definition) is 2. The van der Waals surface area contributed by atoms with Gasteiger partial charge in [0, 0.05) is 31.4 Å². The van der Waals surface area contributed by atoms with E-state index in [0.717, 1.165) is 11.1 Å². The van der Waals surface area contributed by atoms with Crippen LogP contribution in [0.5, 0.6) is 0 Å². The average molecular weight is 434 g/mol. The first-order chi connectivity index (χ1) is 15.4. The smallest absolute Gasteiger partial charge is 0.325 e. The van der Waals surface area contributed by atoms with Gasteiger partial charge in [-0.15, -0.1) is 0 Å². The molecule has 164 valence electrons. The molecule has 32 heavy (non-hydrogen) atoms. The number of benzene rings is 2. The van der Waals surface area contributed by atoms with E-state index in [1.165, 1.54) is 27.5 Å². The molecule has 3 aromatic rings. The highest BCUT2D eigenvalue weighted by Crippen LogP contribution is 2.29. The minimum Gasteiger partial charge on any atom is -0.480 e. The van der Waals surface area contributed by atoms with E-state index in [-0.39, 0.29) is 18.8 Å². The third kappa shape index (κ3) is 4.69. The van der Waals surface area contributed by atoms with E-state index >= 15 is 0 Å². The monoisotopic (exact) mass is 434 g/mol. The van der Waals surface area contributed by atoms with E-state index in [2.05, 4.69) is 16.4 Å². The van der Waals surface area contributed by atoms with E-state index in [1.807, 2.05) is 37.3 Å². The van der Waals surface area contributed by atoms with Crippen molar-refractivity contribution in [1.82, 2.24) is 9.88 Å². The number of nitrogens with zero attached hydrogens (tertiary/aromatic N) is 3. The Morgan fingerprint density at radius 3 is 2.62 bits per heavy atom. The first kappa shape index (κ1) is 21.3. The molecule has 2 aromatic carbocycles. The second kappa shape index (κ2) is 9.05. The van der Waals surface area contributed by atoms with Gasteiger partial charge in [-0.1, -0.05) is 35.9 Å². The first-order valence-corrected chi connectivity index (χ1v) is 10.2. The molecular formula is C24H23FN4O3. The molecule has 2 N–H and O–H groups in total. The molecule has 2 heterocycles. The molecule has 8 heteroatoms. The normalized spacial score (nSPS) is 13.5. The second-order valence-corrected chi connectivity index (χ2v) is 7.69. The number of rotatable bonds is 7. The third-order valence-electron chi connectivity index (χ3n) is 5.31. The number of carbonyl (C=O) groups is 2. The third-order valence-corrected chi connectivity index (χ3v) is 5.31. The largest absolute Gasteiger partial charge is 0.480 e. The van der Waals surface area contributed by atoms with E-state index in [9.17, 15) is 14.0 Å². The molecule has 0 spiro atoms. The quantitative estimate of drug-likeness (QED) is 0.584. The number of hydrogen-bond acceptors (Lipinski definition) is 4. The fourth-order valence-corrected chi connectivity index (χ4v) is 3.71. The number of urea groups is 1. The van der Waals surface area contributed by atoms with Crippen LogP contribution in [-0.2, 0) is 11.3 Å². The number of anilines is 2. The Kier molecular flexibility index (Phi) is 6.02. The highest BCUT2D eigenvalue weighted by Gasteiger charge is 2.32. The maximum Gasteiger partial charge on any atom is 0.325 e. The van der Waals surface area contributed by atoms with Crippen molar-refractivity contribution in [3.63, 3.8) is 0 Å². The minimum absolute atomic E-state index is 0.135. The lowest BCUT2D eigenvalue weighted by Gasteiger charge is -2.18. The van der Waals surface area contributed by atoms with Crippen molar-refractivity contribution in [3.8, 4) is 11.1 Å². The number of carbonyl (C=O) groups excluding carboxylic acids is 1. The lowest BCUT2D eigenvalue weighted by Crippen LogP contribution is -2.35. The number of carboxylic acid groups (broad SMARTS) is 1. The Hall–Kier alpha value is -3.94. The molecule has 1 aliphatic heterocycles. The summed E-state index contributed by atoms with van der Waals surface area (Å²) in [7, 11) is 0. The number of halogens is 1. The molecule has 1 aliphatic rings. The molecule has 1 saturated heterocycles. The molecule has 0 saturated carbocycles. The van der Waals surface area contributed by atoms with Crippen LogP contribution in [0.15, 0.2) is 60.8 Å². The highest BCUT2D eigenvalue weighted by molar-refractivity contribution is 5.96. The van der Waals surface area contributed by atoms with E-state index in [4.69, 9.17) is 5.11 Å². The first-order valence-electron chi connectivity index (χ1n) is 10.2. The number of aromatic nitrogens is 1. The van der Waals surface area contributed by atoms with Crippen LogP contribution in [0.2, 0.25) is 0 Å². The van der Waals surface area contributed by atoms with Crippen LogP contribution in [-0.4, -0.2) is 46.6 Å². The van der Waals surface area contributed by atoms with Crippen LogP contribution in [0.1, 0.15) is 11.1 Å². The Morgan fingerprint density at radius 1 is 1.12 bits per heavy atom. The van der Waals surface area contributed by atoms with Crippen LogP contribution in [0.25, 0.3) is 11.1 Å². The van der Waals surface area contributed by atoms with Crippen LogP contribution in [0.4, 0.5) is 20.7 Å². The lowest BCUT2D eigenvalue weighted by molar-refractivity contribution is -0.137. The van der Waals surface area contributed by atoms with Gasteiger partial charge in [-0.25, -0.2) is 14.2 Å². The summed E-state index contributed by atoms with van der Waals surface area (Å²) in [6.07, 6.45) is 1.67. The van der Waals surface area contributed by atoms with Crippen molar-refractivity contribution in [2.24, 2.45) is 0 Å². The maximum absolute atomic E-state index is 14.8. The van der Waals surface area contributed by atoms with E-state index < -0.39 is 24.4 Å². The number of aliphatic carboxylic acids is 1. The number of nitrogens with one attached hydrogen (secondary N) is 1. The number of amides is 2. The van der Waals surface area contributed by atoms with Crippen molar-refractivity contribution in [1.29, 1.82) is 0 Å². The second-order valence-electron chi connectivity index (χ2n) is 7.69. The Morgan fingerprint density at radius 2 is 1.94 bits per heavy atom. The highest BCUT2D eigenvalue weighted by atomic mass is 19.1. The number of carboxylic acids is 1. The van der Waals surface area contributed by atoms with Gasteiger partial charge in [0.15, 0.2) is 0 Å². The summed E-state index contributed by atoms with van der Waals surface area (Å²) < 4.78 is 14.8. The molecule has 0 radical (unpaired) electrons. The molecule has 0 unspecified atom stereocenters. The molecular weight excluding hydrogens is 411 g/mol. The predicted octanol–water partition coefficient (Wildman–Crippen LogP) is 4.13. The lowest BCUT2D eigenvalue weighted by atomic mass is 10.1. The van der Waals surface area contributed by atoms with E-state index in [0.29, 0.717) is 17.9 Å². The summed E-state index contributed by atoms with van der Waals surface area (Å²) in [6.45, 7) is 2.79. The van der Waals surface area contributed by atoms with Gasteiger partial charge >= 0.3 is 12.0 Å². The van der Waals surface area contributed by atoms with Gasteiger partial charge in [0.1, 0.15) is 18.2 Å². The fraction of sp³-hybridized carbons (Fsp3) is 0.208. The Labute approximate surface area is 185 Å². The van der Waals surface area contributed by atoms with Gasteiger partial charge < -0.3 is 15.3 Å². The summed E-state index contributed by atoms with van der Waals surface area (Å²) in [5, 5.41) is 12.2. The molecule has 0 aliphatic carbocycles. The number of aryl methyl sites for hydroxylation is 1. The maximum atomic E-state index is 14.8. The van der Waals surface area contributed by atoms with Crippen molar-refractivity contribution in [2.75, 3.05) is 29.9 Å². The van der Waals surface area contributed by atoms with Gasteiger partial charge in [-0.3, -0.25) is 9.69 Å². The zero-order valence-corrected chi connectivity index (χ0v) is 17.6. The molecule has 7 nitrogen and oxygen atoms in total. The minimum atomic E-state index is -1.10. The predicted molar refractivity (Wildman–Crippen MR) is 120 cm³/mol. The van der Waals surface area contributed by atoms with Crippen LogP contribution in [0, 0.1) is 12.7 Å². The van der Waals surface area contributed by atoms with Crippen LogP contribution >= 0.6 is 0 Å². The summed E-state index contributed by atoms with van der Waals surface area (Å²) in [5.74, 6) is -0.927. The van der Waals surface area contributed by atoms with Gasteiger partial charge in [0.2, 0.25) is 0 Å². The van der Waals surface area contributed by atoms with Gasteiger partial charge in [0.05, 0.1) is 5.69 Å². The van der Waals surface area contributed by atoms with E-state index in [1.54, 1.807) is 12.3 Å². The molecule has 2 amide bonds. The Balaban J connectivity index is 1.44. The van der Waals surface area contributed by atoms with Crippen molar-refractivity contribution >= 4 is 23.5 Å². The standard InChI is InChI=1S/C24H23FN4O3/c1-16-3-2-4-17(11-16)13-26-22-8-6-19(14-27-22)18-5-7-21(20(25)12-18)29-10-9-28(24(29)32)15-23(30)31/h2-8,11-12,14H,9-10,13,15H2,1H3,(H,26,27)(H,30,31). The SMILES string of the molecule is Cc1cccc(CNc2ccc(-c3ccc(N4CCN(CC(=O)O)C4=O)c(F)c3)cn2)c1. The molecule has 4 rings (SSSR count). The summed E-state index contributed by atoms with van der Waals surface area (Å²) in [4.78, 5) is 30.1.